The number of ketones is 1. The molecule has 1 nitrogen and oxygen atoms in total. The van der Waals surface area contributed by atoms with Crippen LogP contribution in [0.5, 0.6) is 0 Å². The second kappa shape index (κ2) is 4.65. The third-order valence-electron chi connectivity index (χ3n) is 3.86. The van der Waals surface area contributed by atoms with E-state index in [1.165, 1.54) is 18.9 Å². The predicted octanol–water partition coefficient (Wildman–Crippen LogP) is 3.82. The van der Waals surface area contributed by atoms with Crippen LogP contribution in [0.15, 0.2) is 18.2 Å². The molecule has 1 aromatic carbocycles. The van der Waals surface area contributed by atoms with Crippen LogP contribution in [0.25, 0.3) is 0 Å². The summed E-state index contributed by atoms with van der Waals surface area (Å²) in [6.45, 7) is 0. The second-order valence-electron chi connectivity index (χ2n) is 5.11. The highest BCUT2D eigenvalue weighted by atomic mass is 32.2. The molecule has 0 N–H and O–H groups in total. The zero-order valence-electron chi connectivity index (χ0n) is 9.86. The Morgan fingerprint density at radius 3 is 2.44 bits per heavy atom. The average Bonchev–Trinajstić information content (AvgIpc) is 2.67. The monoisotopic (exact) mass is 268 g/mol. The number of carbonyl (C=O) groups is 1. The fraction of sp³-hybridized carbons (Fsp3) is 0.500. The van der Waals surface area contributed by atoms with Crippen molar-refractivity contribution in [3.63, 3.8) is 0 Å². The van der Waals surface area contributed by atoms with Gasteiger partial charge in [0.05, 0.1) is 5.56 Å². The second-order valence-corrected chi connectivity index (χ2v) is 6.72. The van der Waals surface area contributed by atoms with E-state index < -0.39 is 11.6 Å². The van der Waals surface area contributed by atoms with Gasteiger partial charge in [0.2, 0.25) is 0 Å². The largest absolute Gasteiger partial charge is 0.294 e. The van der Waals surface area contributed by atoms with E-state index in [0.717, 1.165) is 25.0 Å². The van der Waals surface area contributed by atoms with Crippen molar-refractivity contribution in [1.29, 1.82) is 0 Å². The molecule has 2 aliphatic rings. The van der Waals surface area contributed by atoms with Crippen LogP contribution in [0.3, 0.4) is 0 Å². The van der Waals surface area contributed by atoms with Crippen molar-refractivity contribution in [3.05, 3.63) is 35.4 Å². The first-order valence-electron chi connectivity index (χ1n) is 6.28. The Labute approximate surface area is 109 Å². The minimum atomic E-state index is -0.731. The van der Waals surface area contributed by atoms with Gasteiger partial charge in [-0.25, -0.2) is 8.78 Å². The molecule has 0 radical (unpaired) electrons. The summed E-state index contributed by atoms with van der Waals surface area (Å²) in [5.41, 5.74) is 0.0488. The van der Waals surface area contributed by atoms with Crippen molar-refractivity contribution < 1.29 is 13.6 Å². The number of carbonyl (C=O) groups excluding carboxylic acids is 1. The van der Waals surface area contributed by atoms with Gasteiger partial charge in [-0.15, -0.1) is 0 Å². The molecule has 18 heavy (non-hydrogen) atoms. The van der Waals surface area contributed by atoms with Crippen LogP contribution in [0.4, 0.5) is 8.78 Å². The van der Waals surface area contributed by atoms with Gasteiger partial charge in [-0.05, 0) is 37.8 Å². The quantitative estimate of drug-likeness (QED) is 0.758. The van der Waals surface area contributed by atoms with E-state index in [-0.39, 0.29) is 17.3 Å². The third kappa shape index (κ3) is 2.18. The van der Waals surface area contributed by atoms with Crippen molar-refractivity contribution >= 4 is 17.5 Å². The lowest BCUT2D eigenvalue weighted by atomic mass is 9.90. The molecule has 0 amide bonds. The molecule has 0 aromatic heterocycles. The van der Waals surface area contributed by atoms with Crippen molar-refractivity contribution in [1.82, 2.24) is 0 Å². The van der Waals surface area contributed by atoms with Crippen molar-refractivity contribution in [2.75, 3.05) is 0 Å². The van der Waals surface area contributed by atoms with Crippen LogP contribution in [-0.4, -0.2) is 16.3 Å². The number of hydrogen-bond donors (Lipinski definition) is 0. The van der Waals surface area contributed by atoms with Crippen LogP contribution in [0, 0.1) is 17.6 Å². The fourth-order valence-electron chi connectivity index (χ4n) is 2.98. The summed E-state index contributed by atoms with van der Waals surface area (Å²) in [5, 5.41) is 1.11. The molecule has 2 bridgehead atoms. The molecule has 2 aliphatic heterocycles. The molecule has 4 heteroatoms. The van der Waals surface area contributed by atoms with E-state index in [0.29, 0.717) is 10.5 Å². The minimum absolute atomic E-state index is 0.0488. The highest BCUT2D eigenvalue weighted by Gasteiger charge is 2.38. The Kier molecular flexibility index (Phi) is 3.14. The van der Waals surface area contributed by atoms with E-state index >= 15 is 0 Å². The van der Waals surface area contributed by atoms with Gasteiger partial charge in [-0.3, -0.25) is 4.79 Å². The molecule has 2 unspecified atom stereocenters. The molecule has 0 spiro atoms. The summed E-state index contributed by atoms with van der Waals surface area (Å²) in [7, 11) is 0. The molecule has 2 saturated heterocycles. The summed E-state index contributed by atoms with van der Waals surface area (Å²) in [6, 6.07) is 3.22. The molecular weight excluding hydrogens is 254 g/mol. The molecule has 1 aromatic rings. The fourth-order valence-corrected chi connectivity index (χ4v) is 4.76. The molecule has 2 atom stereocenters. The number of Topliss-reactive ketones (excluding diaryl/α,β-unsaturated/α-hetero) is 1. The van der Waals surface area contributed by atoms with Crippen LogP contribution >= 0.6 is 11.8 Å². The van der Waals surface area contributed by atoms with Crippen LogP contribution in [-0.2, 0) is 0 Å². The molecule has 2 heterocycles. The summed E-state index contributed by atoms with van der Waals surface area (Å²) in [5.74, 6) is -1.60. The van der Waals surface area contributed by atoms with E-state index in [2.05, 4.69) is 0 Å². The molecule has 0 saturated carbocycles. The van der Waals surface area contributed by atoms with Gasteiger partial charge in [0.25, 0.3) is 0 Å². The van der Waals surface area contributed by atoms with Gasteiger partial charge in [-0.1, -0.05) is 0 Å². The van der Waals surface area contributed by atoms with Crippen LogP contribution < -0.4 is 0 Å². The van der Waals surface area contributed by atoms with Gasteiger partial charge in [0.15, 0.2) is 5.78 Å². The molecule has 2 fully saturated rings. The number of rotatable bonds is 2. The summed E-state index contributed by atoms with van der Waals surface area (Å²) in [4.78, 5) is 12.3. The van der Waals surface area contributed by atoms with Crippen LogP contribution in [0.1, 0.15) is 36.0 Å². The van der Waals surface area contributed by atoms with E-state index in [9.17, 15) is 13.6 Å². The van der Waals surface area contributed by atoms with E-state index in [1.54, 1.807) is 0 Å². The van der Waals surface area contributed by atoms with Crippen molar-refractivity contribution in [3.8, 4) is 0 Å². The van der Waals surface area contributed by atoms with E-state index in [1.807, 2.05) is 11.8 Å². The standard InChI is InChI=1S/C14H14F2OS/c15-9-1-4-12(13(16)7-9)14(17)8-5-10-2-3-11(6-8)18-10/h1,4,7-8,10-11H,2-3,5-6H2. The smallest absolute Gasteiger partial charge is 0.168 e. The third-order valence-corrected chi connectivity index (χ3v) is 5.48. The number of fused-ring (bicyclic) bond motifs is 2. The minimum Gasteiger partial charge on any atom is -0.294 e. The summed E-state index contributed by atoms with van der Waals surface area (Å²) < 4.78 is 26.4. The van der Waals surface area contributed by atoms with Gasteiger partial charge in [-0.2, -0.15) is 11.8 Å². The number of thioether (sulfide) groups is 1. The van der Waals surface area contributed by atoms with Gasteiger partial charge >= 0.3 is 0 Å². The highest BCUT2D eigenvalue weighted by molar-refractivity contribution is 8.00. The maximum Gasteiger partial charge on any atom is 0.168 e. The Morgan fingerprint density at radius 2 is 1.83 bits per heavy atom. The number of halogens is 2. The zero-order chi connectivity index (χ0) is 12.7. The van der Waals surface area contributed by atoms with Gasteiger partial charge in [0.1, 0.15) is 11.6 Å². The first-order chi connectivity index (χ1) is 8.63. The predicted molar refractivity (Wildman–Crippen MR) is 67.8 cm³/mol. The Balaban J connectivity index is 1.82. The van der Waals surface area contributed by atoms with Gasteiger partial charge < -0.3 is 0 Å². The molecule has 3 rings (SSSR count). The number of benzene rings is 1. The topological polar surface area (TPSA) is 17.1 Å². The lowest BCUT2D eigenvalue weighted by Gasteiger charge is -2.26. The normalized spacial score (nSPS) is 30.4. The first kappa shape index (κ1) is 12.2. The molecular formula is C14H14F2OS. The molecule has 96 valence electrons. The van der Waals surface area contributed by atoms with Gasteiger partial charge in [0, 0.05) is 22.5 Å². The maximum absolute atomic E-state index is 13.6. The highest BCUT2D eigenvalue weighted by Crippen LogP contribution is 2.46. The lowest BCUT2D eigenvalue weighted by molar-refractivity contribution is 0.0902. The van der Waals surface area contributed by atoms with Crippen molar-refractivity contribution in [2.24, 2.45) is 5.92 Å². The maximum atomic E-state index is 13.6. The summed E-state index contributed by atoms with van der Waals surface area (Å²) in [6.07, 6.45) is 4.03. The Morgan fingerprint density at radius 1 is 1.17 bits per heavy atom. The molecule has 0 aliphatic carbocycles. The lowest BCUT2D eigenvalue weighted by Crippen LogP contribution is -2.25. The van der Waals surface area contributed by atoms with Crippen LogP contribution in [0.2, 0.25) is 0 Å². The SMILES string of the molecule is O=C(c1ccc(F)cc1F)C1CC2CCC(C1)S2. The Bertz CT molecular complexity index is 477. The first-order valence-corrected chi connectivity index (χ1v) is 7.22. The zero-order valence-corrected chi connectivity index (χ0v) is 10.7. The van der Waals surface area contributed by atoms with Crippen molar-refractivity contribution in [2.45, 2.75) is 36.2 Å². The summed E-state index contributed by atoms with van der Waals surface area (Å²) >= 11 is 1.97. The average molecular weight is 268 g/mol. The number of hydrogen-bond acceptors (Lipinski definition) is 2. The van der Waals surface area contributed by atoms with E-state index in [4.69, 9.17) is 0 Å². The Hall–Kier alpha value is -0.900.